The Morgan fingerprint density at radius 3 is 2.55 bits per heavy atom. The van der Waals surface area contributed by atoms with E-state index >= 15 is 0 Å². The van der Waals surface area contributed by atoms with E-state index in [0.717, 1.165) is 5.56 Å². The second-order valence-electron chi connectivity index (χ2n) is 6.85. The fraction of sp³-hybridized carbons (Fsp3) is 0.550. The number of carbonyl (C=O) groups excluding carboxylic acids is 1. The largest absolute Gasteiger partial charge is 0.504 e. The van der Waals surface area contributed by atoms with Gasteiger partial charge in [0.1, 0.15) is 18.3 Å². The summed E-state index contributed by atoms with van der Waals surface area (Å²) in [6, 6.07) is 4.50. The first kappa shape index (κ1) is 23.1. The van der Waals surface area contributed by atoms with Gasteiger partial charge in [0, 0.05) is 5.57 Å². The van der Waals surface area contributed by atoms with Crippen LogP contribution in [-0.2, 0) is 25.4 Å². The van der Waals surface area contributed by atoms with Crippen molar-refractivity contribution in [1.29, 1.82) is 0 Å². The molecule has 1 aliphatic rings. The van der Waals surface area contributed by atoms with Crippen molar-refractivity contribution in [3.8, 4) is 11.5 Å². The van der Waals surface area contributed by atoms with Gasteiger partial charge < -0.3 is 39.7 Å². The average molecular weight is 412 g/mol. The maximum absolute atomic E-state index is 12.0. The fourth-order valence-electron chi connectivity index (χ4n) is 2.86. The highest BCUT2D eigenvalue weighted by Crippen LogP contribution is 2.27. The van der Waals surface area contributed by atoms with Crippen LogP contribution in [0.25, 0.3) is 0 Å². The van der Waals surface area contributed by atoms with Crippen LogP contribution < -0.4 is 0 Å². The molecule has 0 aromatic heterocycles. The Balaban J connectivity index is 1.94. The normalized spacial score (nSPS) is 27.6. The zero-order valence-electron chi connectivity index (χ0n) is 16.4. The molecule has 1 saturated heterocycles. The number of phenolic OH excluding ortho intramolecular Hbond substituents is 2. The molecule has 1 aromatic carbocycles. The summed E-state index contributed by atoms with van der Waals surface area (Å²) < 4.78 is 16.1. The van der Waals surface area contributed by atoms with E-state index in [9.17, 15) is 30.3 Å². The van der Waals surface area contributed by atoms with Gasteiger partial charge in [0.15, 0.2) is 23.9 Å². The minimum Gasteiger partial charge on any atom is -0.504 e. The lowest BCUT2D eigenvalue weighted by Crippen LogP contribution is -2.60. The molecule has 5 N–H and O–H groups in total. The van der Waals surface area contributed by atoms with Gasteiger partial charge in [-0.3, -0.25) is 0 Å². The van der Waals surface area contributed by atoms with E-state index in [1.165, 1.54) is 12.1 Å². The molecular weight excluding hydrogens is 384 g/mol. The Labute approximate surface area is 168 Å². The van der Waals surface area contributed by atoms with Crippen LogP contribution in [0.15, 0.2) is 29.8 Å². The number of aliphatic hydroxyl groups excluding tert-OH is 3. The van der Waals surface area contributed by atoms with Crippen molar-refractivity contribution in [1.82, 2.24) is 0 Å². The summed E-state index contributed by atoms with van der Waals surface area (Å²) in [5, 5.41) is 49.0. The van der Waals surface area contributed by atoms with E-state index < -0.39 is 43.3 Å². The number of phenols is 2. The zero-order valence-corrected chi connectivity index (χ0v) is 16.4. The summed E-state index contributed by atoms with van der Waals surface area (Å²) in [6.45, 7) is 2.81. The number of rotatable bonds is 8. The van der Waals surface area contributed by atoms with Crippen molar-refractivity contribution in [2.75, 3.05) is 13.2 Å². The number of hydrogen-bond acceptors (Lipinski definition) is 9. The SMILES string of the molecule is C/C=C(\C)C(=O)O[C@@H]1[C@@H](O)[C@H](OCCCc2ccc(O)c(O)c2)O[C@H](CO)[C@H]1O. The number of carbonyl (C=O) groups is 1. The average Bonchev–Trinajstić information content (AvgIpc) is 2.71. The number of aryl methyl sites for hydroxylation is 1. The Morgan fingerprint density at radius 2 is 1.93 bits per heavy atom. The molecule has 0 unspecified atom stereocenters. The molecule has 29 heavy (non-hydrogen) atoms. The van der Waals surface area contributed by atoms with Gasteiger partial charge >= 0.3 is 5.97 Å². The van der Waals surface area contributed by atoms with Gasteiger partial charge in [-0.2, -0.15) is 0 Å². The van der Waals surface area contributed by atoms with Crippen molar-refractivity contribution >= 4 is 5.97 Å². The molecule has 0 amide bonds. The molecule has 0 saturated carbocycles. The third kappa shape index (κ3) is 5.91. The minimum absolute atomic E-state index is 0.159. The van der Waals surface area contributed by atoms with Crippen molar-refractivity contribution in [2.45, 2.75) is 57.4 Å². The monoisotopic (exact) mass is 412 g/mol. The zero-order chi connectivity index (χ0) is 21.6. The number of ether oxygens (including phenoxy) is 3. The van der Waals surface area contributed by atoms with Gasteiger partial charge in [0.25, 0.3) is 0 Å². The predicted octanol–water partition coefficient (Wildman–Crippen LogP) is 0.364. The van der Waals surface area contributed by atoms with Crippen LogP contribution in [0.3, 0.4) is 0 Å². The molecule has 2 rings (SSSR count). The molecule has 0 bridgehead atoms. The number of aromatic hydroxyl groups is 2. The lowest BCUT2D eigenvalue weighted by Gasteiger charge is -2.41. The molecule has 9 heteroatoms. The first-order chi connectivity index (χ1) is 13.8. The smallest absolute Gasteiger partial charge is 0.333 e. The predicted molar refractivity (Wildman–Crippen MR) is 101 cm³/mol. The molecule has 0 aliphatic carbocycles. The molecule has 162 valence electrons. The third-order valence-electron chi connectivity index (χ3n) is 4.75. The molecule has 1 aromatic rings. The van der Waals surface area contributed by atoms with Gasteiger partial charge in [0.05, 0.1) is 13.2 Å². The van der Waals surface area contributed by atoms with Crippen LogP contribution >= 0.6 is 0 Å². The van der Waals surface area contributed by atoms with Gasteiger partial charge in [-0.15, -0.1) is 0 Å². The van der Waals surface area contributed by atoms with Crippen LogP contribution in [-0.4, -0.2) is 75.4 Å². The number of hydrogen-bond donors (Lipinski definition) is 5. The summed E-state index contributed by atoms with van der Waals surface area (Å²) in [5.74, 6) is -1.11. The van der Waals surface area contributed by atoms with E-state index in [-0.39, 0.29) is 18.1 Å². The Kier molecular flexibility index (Phi) is 8.42. The second-order valence-corrected chi connectivity index (χ2v) is 6.85. The number of benzene rings is 1. The lowest BCUT2D eigenvalue weighted by atomic mass is 9.99. The number of esters is 1. The summed E-state index contributed by atoms with van der Waals surface area (Å²) in [6.07, 6.45) is -3.88. The minimum atomic E-state index is -1.45. The highest BCUT2D eigenvalue weighted by Gasteiger charge is 2.47. The van der Waals surface area contributed by atoms with Crippen LogP contribution in [0.1, 0.15) is 25.8 Å². The van der Waals surface area contributed by atoms with Gasteiger partial charge in [-0.05, 0) is 44.4 Å². The summed E-state index contributed by atoms with van der Waals surface area (Å²) in [7, 11) is 0. The third-order valence-corrected chi connectivity index (χ3v) is 4.75. The van der Waals surface area contributed by atoms with Crippen molar-refractivity contribution < 1.29 is 44.5 Å². The first-order valence-corrected chi connectivity index (χ1v) is 9.37. The molecule has 9 nitrogen and oxygen atoms in total. The summed E-state index contributed by atoms with van der Waals surface area (Å²) in [5.41, 5.74) is 1.09. The molecule has 1 fully saturated rings. The highest BCUT2D eigenvalue weighted by molar-refractivity contribution is 5.87. The van der Waals surface area contributed by atoms with Crippen LogP contribution in [0.4, 0.5) is 0 Å². The molecule has 1 heterocycles. The van der Waals surface area contributed by atoms with E-state index in [1.54, 1.807) is 26.0 Å². The van der Waals surface area contributed by atoms with Gasteiger partial charge in [-0.25, -0.2) is 4.79 Å². The van der Waals surface area contributed by atoms with Crippen molar-refractivity contribution in [3.63, 3.8) is 0 Å². The Hall–Kier alpha value is -2.17. The molecule has 5 atom stereocenters. The second kappa shape index (κ2) is 10.6. The molecule has 1 aliphatic heterocycles. The van der Waals surface area contributed by atoms with E-state index in [4.69, 9.17) is 14.2 Å². The van der Waals surface area contributed by atoms with Crippen LogP contribution in [0.2, 0.25) is 0 Å². The van der Waals surface area contributed by atoms with E-state index in [1.807, 2.05) is 0 Å². The standard InChI is InChI=1S/C20H28O9/c1-3-11(2)19(26)29-18-16(24)15(10-21)28-20(17(18)25)27-8-4-5-12-6-7-13(22)14(23)9-12/h3,6-7,9,15-18,20-25H,4-5,8,10H2,1-2H3/b11-3+/t15-,16-,17-,18+,20-/m1/s1. The topological polar surface area (TPSA) is 146 Å². The van der Waals surface area contributed by atoms with Crippen molar-refractivity contribution in [3.05, 3.63) is 35.4 Å². The van der Waals surface area contributed by atoms with Gasteiger partial charge in [-0.1, -0.05) is 12.1 Å². The quantitative estimate of drug-likeness (QED) is 0.177. The Morgan fingerprint density at radius 1 is 1.21 bits per heavy atom. The summed E-state index contributed by atoms with van der Waals surface area (Å²) >= 11 is 0. The maximum Gasteiger partial charge on any atom is 0.333 e. The highest BCUT2D eigenvalue weighted by atomic mass is 16.7. The molecule has 0 spiro atoms. The van der Waals surface area contributed by atoms with Gasteiger partial charge in [0.2, 0.25) is 0 Å². The summed E-state index contributed by atoms with van der Waals surface area (Å²) in [4.78, 5) is 12.0. The van der Waals surface area contributed by atoms with E-state index in [2.05, 4.69) is 0 Å². The van der Waals surface area contributed by atoms with Crippen molar-refractivity contribution in [2.24, 2.45) is 0 Å². The van der Waals surface area contributed by atoms with E-state index in [0.29, 0.717) is 18.4 Å². The molecule has 0 radical (unpaired) electrons. The first-order valence-electron chi connectivity index (χ1n) is 9.37. The Bertz CT molecular complexity index is 718. The number of aliphatic hydroxyl groups is 3. The van der Waals surface area contributed by atoms with Crippen LogP contribution in [0.5, 0.6) is 11.5 Å². The number of allylic oxidation sites excluding steroid dienone is 1. The van der Waals surface area contributed by atoms with Crippen LogP contribution in [0, 0.1) is 0 Å². The fourth-order valence-corrected chi connectivity index (χ4v) is 2.86. The lowest BCUT2D eigenvalue weighted by molar-refractivity contribution is -0.302. The molecular formula is C20H28O9. The maximum atomic E-state index is 12.0.